The van der Waals surface area contributed by atoms with Crippen LogP contribution in [0.15, 0.2) is 40.9 Å². The van der Waals surface area contributed by atoms with Gasteiger partial charge >= 0.3 is 12.1 Å². The van der Waals surface area contributed by atoms with Crippen LogP contribution in [0.1, 0.15) is 49.2 Å². The lowest BCUT2D eigenvalue weighted by Crippen LogP contribution is -2.13. The van der Waals surface area contributed by atoms with Crippen molar-refractivity contribution in [3.05, 3.63) is 62.6 Å². The Kier molecular flexibility index (Phi) is 11.6. The zero-order valence-corrected chi connectivity index (χ0v) is 18.6. The van der Waals surface area contributed by atoms with Crippen molar-refractivity contribution in [2.24, 2.45) is 0 Å². The second-order valence-electron chi connectivity index (χ2n) is 4.88. The van der Waals surface area contributed by atoms with Gasteiger partial charge in [-0.2, -0.15) is 13.2 Å². The minimum Gasteiger partial charge on any atom is -0.481 e. The number of hydrogen-bond donors (Lipinski definition) is 1. The molecule has 0 fully saturated rings. The van der Waals surface area contributed by atoms with Gasteiger partial charge in [-0.25, -0.2) is 4.79 Å². The summed E-state index contributed by atoms with van der Waals surface area (Å²) in [4.78, 5) is 23.2. The van der Waals surface area contributed by atoms with Gasteiger partial charge in [0.1, 0.15) is 5.75 Å². The van der Waals surface area contributed by atoms with E-state index in [0.717, 1.165) is 6.07 Å². The van der Waals surface area contributed by atoms with E-state index in [1.165, 1.54) is 24.3 Å². The molecular formula is C20H21BrClF3O4. The molecule has 29 heavy (non-hydrogen) atoms. The monoisotopic (exact) mass is 496 g/mol. The first kappa shape index (κ1) is 26.9. The molecule has 4 nitrogen and oxygen atoms in total. The second-order valence-corrected chi connectivity index (χ2v) is 6.23. The lowest BCUT2D eigenvalue weighted by Gasteiger charge is -2.12. The molecular weight excluding hydrogens is 477 g/mol. The zero-order chi connectivity index (χ0) is 22.8. The minimum atomic E-state index is -4.63. The number of rotatable bonds is 5. The summed E-state index contributed by atoms with van der Waals surface area (Å²) in [5.41, 5.74) is -1.38. The Hall–Kier alpha value is -2.06. The summed E-state index contributed by atoms with van der Waals surface area (Å²) < 4.78 is 43.9. The Morgan fingerprint density at radius 1 is 1.07 bits per heavy atom. The first-order valence-corrected chi connectivity index (χ1v) is 9.81. The van der Waals surface area contributed by atoms with Crippen LogP contribution in [0.25, 0.3) is 0 Å². The predicted octanol–water partition coefficient (Wildman–Crippen LogP) is 6.87. The highest BCUT2D eigenvalue weighted by molar-refractivity contribution is 9.10. The molecule has 0 saturated carbocycles. The van der Waals surface area contributed by atoms with Gasteiger partial charge in [-0.3, -0.25) is 4.79 Å². The van der Waals surface area contributed by atoms with Crippen molar-refractivity contribution < 1.29 is 32.6 Å². The number of carbonyl (C=O) groups is 2. The van der Waals surface area contributed by atoms with Crippen LogP contribution in [-0.4, -0.2) is 23.5 Å². The fourth-order valence-corrected chi connectivity index (χ4v) is 2.65. The molecule has 0 atom stereocenters. The molecule has 0 amide bonds. The quantitative estimate of drug-likeness (QED) is 0.458. The van der Waals surface area contributed by atoms with E-state index in [9.17, 15) is 22.8 Å². The molecule has 0 aliphatic carbocycles. The molecule has 0 aliphatic rings. The summed E-state index contributed by atoms with van der Waals surface area (Å²) >= 11 is 8.77. The van der Waals surface area contributed by atoms with Crippen LogP contribution >= 0.6 is 27.5 Å². The van der Waals surface area contributed by atoms with Crippen LogP contribution in [-0.2, 0) is 11.0 Å². The molecule has 0 unspecified atom stereocenters. The number of ketones is 1. The largest absolute Gasteiger partial charge is 0.481 e. The van der Waals surface area contributed by atoms with Crippen LogP contribution in [0.5, 0.6) is 5.75 Å². The van der Waals surface area contributed by atoms with E-state index in [0.29, 0.717) is 6.07 Å². The van der Waals surface area contributed by atoms with E-state index < -0.39 is 30.1 Å². The maximum absolute atomic E-state index is 12.9. The van der Waals surface area contributed by atoms with Crippen LogP contribution in [0.4, 0.5) is 13.2 Å². The van der Waals surface area contributed by atoms with Crippen molar-refractivity contribution in [2.45, 2.75) is 33.9 Å². The third-order valence-corrected chi connectivity index (χ3v) is 3.72. The average molecular weight is 498 g/mol. The molecule has 0 aliphatic heterocycles. The molecule has 0 spiro atoms. The van der Waals surface area contributed by atoms with Gasteiger partial charge in [-0.05, 0) is 36.4 Å². The molecule has 0 radical (unpaired) electrons. The van der Waals surface area contributed by atoms with Crippen LogP contribution < -0.4 is 4.74 Å². The number of halogens is 5. The number of alkyl halides is 3. The van der Waals surface area contributed by atoms with Gasteiger partial charge in [0.05, 0.1) is 11.1 Å². The molecule has 160 valence electrons. The van der Waals surface area contributed by atoms with E-state index >= 15 is 0 Å². The van der Waals surface area contributed by atoms with E-state index in [1.807, 2.05) is 27.7 Å². The van der Waals surface area contributed by atoms with E-state index in [-0.39, 0.29) is 26.4 Å². The molecule has 0 aromatic heterocycles. The van der Waals surface area contributed by atoms with Crippen LogP contribution in [0, 0.1) is 0 Å². The standard InChI is InChI=1S/C16H9BrClF3O4.2C2H6/c17-10-4-8(3-9(5-10)16(19,20)21)15(24)12-6-11(18)1-2-13(12)25-7-14(22)23;2*1-2/h1-6H,7H2,(H,22,23);2*1-2H3. The molecule has 1 N–H and O–H groups in total. The van der Waals surface area contributed by atoms with Crippen molar-refractivity contribution in [1.29, 1.82) is 0 Å². The number of aliphatic carboxylic acids is 1. The highest BCUT2D eigenvalue weighted by atomic mass is 79.9. The molecule has 2 rings (SSSR count). The van der Waals surface area contributed by atoms with Gasteiger partial charge in [0.15, 0.2) is 12.4 Å². The summed E-state index contributed by atoms with van der Waals surface area (Å²) in [5.74, 6) is -2.14. The number of ether oxygens (including phenoxy) is 1. The maximum atomic E-state index is 12.9. The lowest BCUT2D eigenvalue weighted by molar-refractivity contribution is -0.139. The van der Waals surface area contributed by atoms with Crippen molar-refractivity contribution >= 4 is 39.3 Å². The molecule has 0 saturated heterocycles. The fraction of sp³-hybridized carbons (Fsp3) is 0.300. The summed E-state index contributed by atoms with van der Waals surface area (Å²) in [7, 11) is 0. The zero-order valence-electron chi connectivity index (χ0n) is 16.2. The third-order valence-electron chi connectivity index (χ3n) is 3.02. The SMILES string of the molecule is CC.CC.O=C(O)COc1ccc(Cl)cc1C(=O)c1cc(Br)cc(C(F)(F)F)c1. The van der Waals surface area contributed by atoms with Gasteiger partial charge in [0, 0.05) is 15.1 Å². The van der Waals surface area contributed by atoms with Crippen LogP contribution in [0.2, 0.25) is 5.02 Å². The Labute approximate surface area is 180 Å². The van der Waals surface area contributed by atoms with Gasteiger partial charge in [0.25, 0.3) is 0 Å². The first-order valence-electron chi connectivity index (χ1n) is 8.64. The molecule has 2 aromatic rings. The Bertz CT molecular complexity index is 839. The summed E-state index contributed by atoms with van der Waals surface area (Å²) in [6.07, 6.45) is -4.63. The summed E-state index contributed by atoms with van der Waals surface area (Å²) in [6, 6.07) is 6.62. The number of carboxylic acids is 1. The predicted molar refractivity (Wildman–Crippen MR) is 110 cm³/mol. The summed E-state index contributed by atoms with van der Waals surface area (Å²) in [6.45, 7) is 7.29. The molecule has 9 heteroatoms. The molecule has 0 heterocycles. The number of hydrogen-bond acceptors (Lipinski definition) is 3. The minimum absolute atomic E-state index is 0.0701. The van der Waals surface area contributed by atoms with Crippen molar-refractivity contribution in [1.82, 2.24) is 0 Å². The van der Waals surface area contributed by atoms with Crippen LogP contribution in [0.3, 0.4) is 0 Å². The normalized spacial score (nSPS) is 10.1. The van der Waals surface area contributed by atoms with E-state index in [1.54, 1.807) is 0 Å². The third kappa shape index (κ3) is 8.45. The van der Waals surface area contributed by atoms with Crippen molar-refractivity contribution in [3.63, 3.8) is 0 Å². The molecule has 0 bridgehead atoms. The van der Waals surface area contributed by atoms with E-state index in [4.69, 9.17) is 21.4 Å². The number of carboxylic acid groups (broad SMARTS) is 1. The van der Waals surface area contributed by atoms with Gasteiger partial charge in [-0.15, -0.1) is 0 Å². The highest BCUT2D eigenvalue weighted by Crippen LogP contribution is 2.33. The fourth-order valence-electron chi connectivity index (χ4n) is 1.98. The van der Waals surface area contributed by atoms with Crippen molar-refractivity contribution in [2.75, 3.05) is 6.61 Å². The van der Waals surface area contributed by atoms with Gasteiger partial charge < -0.3 is 9.84 Å². The van der Waals surface area contributed by atoms with E-state index in [2.05, 4.69) is 15.9 Å². The Morgan fingerprint density at radius 2 is 1.66 bits per heavy atom. The average Bonchev–Trinajstić information content (AvgIpc) is 2.68. The topological polar surface area (TPSA) is 63.6 Å². The van der Waals surface area contributed by atoms with Gasteiger partial charge in [-0.1, -0.05) is 55.2 Å². The number of benzene rings is 2. The Morgan fingerprint density at radius 3 is 2.17 bits per heavy atom. The van der Waals surface area contributed by atoms with Crippen molar-refractivity contribution in [3.8, 4) is 5.75 Å². The summed E-state index contributed by atoms with van der Waals surface area (Å²) in [5, 5.41) is 8.82. The second kappa shape index (κ2) is 12.5. The Balaban J connectivity index is 0.00000184. The first-order chi connectivity index (χ1) is 13.6. The smallest absolute Gasteiger partial charge is 0.416 e. The van der Waals surface area contributed by atoms with Gasteiger partial charge in [0.2, 0.25) is 0 Å². The lowest BCUT2D eigenvalue weighted by atomic mass is 10.0. The molecule has 2 aromatic carbocycles. The number of carbonyl (C=O) groups excluding carboxylic acids is 1. The maximum Gasteiger partial charge on any atom is 0.416 e. The highest BCUT2D eigenvalue weighted by Gasteiger charge is 2.32.